The van der Waals surface area contributed by atoms with Gasteiger partial charge in [-0.15, -0.1) is 0 Å². The summed E-state index contributed by atoms with van der Waals surface area (Å²) < 4.78 is 60.7. The van der Waals surface area contributed by atoms with Gasteiger partial charge in [0, 0.05) is 36.6 Å². The van der Waals surface area contributed by atoms with Gasteiger partial charge >= 0.3 is 0 Å². The Morgan fingerprint density at radius 3 is 2.27 bits per heavy atom. The van der Waals surface area contributed by atoms with Crippen molar-refractivity contribution in [1.82, 2.24) is 30.2 Å². The molecule has 67 heavy (non-hydrogen) atoms. The maximum Gasteiger partial charge on any atom is 0.274 e. The first kappa shape index (κ1) is 58.3. The summed E-state index contributed by atoms with van der Waals surface area (Å²) in [6.07, 6.45) is -5.06. The first-order valence-corrected chi connectivity index (χ1v) is 26.3. The second-order valence-corrected chi connectivity index (χ2v) is 22.0. The molecule has 3 heterocycles. The lowest BCUT2D eigenvalue weighted by Crippen LogP contribution is -2.46. The maximum absolute atomic E-state index is 12.7. The van der Waals surface area contributed by atoms with Gasteiger partial charge in [-0.1, -0.05) is 65.6 Å². The van der Waals surface area contributed by atoms with Gasteiger partial charge in [0.05, 0.1) is 39.4 Å². The molecule has 3 rings (SSSR count). The van der Waals surface area contributed by atoms with E-state index in [9.17, 15) is 72.9 Å². The van der Waals surface area contributed by atoms with Crippen LogP contribution in [0.25, 0.3) is 11.2 Å². The van der Waals surface area contributed by atoms with Gasteiger partial charge in [-0.2, -0.15) is 0 Å². The van der Waals surface area contributed by atoms with Crippen LogP contribution >= 0.6 is 35.2 Å². The SMILES string of the molecule is CC(CCCC(C)CC(=O)[O-])CCC(O)C(C)C(=O)SCCNC(=O)CCNC(=O)[C@H](O)C(C)(C)COP(=O)([O-])OP(=O)([O-])OC[C@H]1O[C@@H](n2cnc3c(N)ncnc32)[C@@H](O)[C@@H]1OP(=O)([O-])[O-]. The van der Waals surface area contributed by atoms with Gasteiger partial charge in [-0.05, 0) is 31.1 Å². The number of nitrogen functional groups attached to an aromatic ring is 1. The normalized spacial score (nSPS) is 22.0. The van der Waals surface area contributed by atoms with Crippen molar-refractivity contribution >= 4 is 75.1 Å². The number of aliphatic hydroxyl groups excluding tert-OH is 3. The zero-order chi connectivity index (χ0) is 50.5. The largest absolute Gasteiger partial charge is 0.790 e. The number of thioether (sulfide) groups is 1. The van der Waals surface area contributed by atoms with E-state index in [0.717, 1.165) is 48.2 Å². The summed E-state index contributed by atoms with van der Waals surface area (Å²) in [5, 5.41) is 47.3. The summed E-state index contributed by atoms with van der Waals surface area (Å²) in [5.41, 5.74) is 4.02. The Bertz CT molecular complexity index is 2130. The van der Waals surface area contributed by atoms with Crippen LogP contribution in [0.1, 0.15) is 85.8 Å². The number of ether oxygens (including phenoxy) is 1. The minimum atomic E-state index is -5.95. The number of phosphoric acid groups is 3. The third-order valence-corrected chi connectivity index (χ3v) is 14.6. The molecule has 31 heteroatoms. The minimum absolute atomic E-state index is 0.0139. The lowest BCUT2D eigenvalue weighted by molar-refractivity contribution is -0.347. The number of fused-ring (bicyclic) bond motifs is 1. The number of amides is 2. The Morgan fingerprint density at radius 1 is 0.955 bits per heavy atom. The van der Waals surface area contributed by atoms with E-state index in [0.29, 0.717) is 12.8 Å². The smallest absolute Gasteiger partial charge is 0.274 e. The number of imidazole rings is 1. The average molecular weight is 1030 g/mol. The molecule has 0 aromatic carbocycles. The lowest BCUT2D eigenvalue weighted by atomic mass is 9.87. The number of carboxylic acids is 1. The van der Waals surface area contributed by atoms with Crippen molar-refractivity contribution in [1.29, 1.82) is 0 Å². The molecular formula is C36H57N7O20P3S-5. The molecule has 27 nitrogen and oxygen atoms in total. The molecule has 0 spiro atoms. The van der Waals surface area contributed by atoms with Crippen molar-refractivity contribution in [2.45, 2.75) is 116 Å². The highest BCUT2D eigenvalue weighted by Gasteiger charge is 2.47. The molecule has 7 N–H and O–H groups in total. The Hall–Kier alpha value is -3.01. The number of carboxylic acid groups (broad SMARTS) is 1. The fourth-order valence-electron chi connectivity index (χ4n) is 6.60. The number of carbonyl (C=O) groups is 4. The van der Waals surface area contributed by atoms with Gasteiger partial charge < -0.3 is 84.0 Å². The topological polar surface area (TPSA) is 435 Å². The molecule has 0 bridgehead atoms. The number of hydrogen-bond acceptors (Lipinski definition) is 25. The molecule has 1 fully saturated rings. The fraction of sp³-hybridized carbons (Fsp3) is 0.750. The zero-order valence-electron chi connectivity index (χ0n) is 37.2. The van der Waals surface area contributed by atoms with E-state index in [1.807, 2.05) is 13.8 Å². The quantitative estimate of drug-likeness (QED) is 0.0348. The average Bonchev–Trinajstić information content (AvgIpc) is 3.78. The Labute approximate surface area is 389 Å². The zero-order valence-corrected chi connectivity index (χ0v) is 40.7. The second-order valence-electron chi connectivity index (χ2n) is 16.8. The van der Waals surface area contributed by atoms with Gasteiger partial charge in [-0.25, -0.2) is 19.3 Å². The molecule has 6 unspecified atom stereocenters. The monoisotopic (exact) mass is 1030 g/mol. The number of rotatable bonds is 30. The highest BCUT2D eigenvalue weighted by molar-refractivity contribution is 8.13. The lowest BCUT2D eigenvalue weighted by Gasteiger charge is -2.36. The van der Waals surface area contributed by atoms with E-state index in [1.54, 1.807) is 6.92 Å². The van der Waals surface area contributed by atoms with Crippen molar-refractivity contribution in [3.8, 4) is 0 Å². The predicted octanol–water partition coefficient (Wildman–Crippen LogP) is -2.50. The van der Waals surface area contributed by atoms with Crippen LogP contribution in [-0.2, 0) is 55.5 Å². The van der Waals surface area contributed by atoms with E-state index in [2.05, 4.69) is 43.5 Å². The van der Waals surface area contributed by atoms with E-state index in [1.165, 1.54) is 13.8 Å². The summed E-state index contributed by atoms with van der Waals surface area (Å²) in [6, 6.07) is 0. The summed E-state index contributed by atoms with van der Waals surface area (Å²) in [6.45, 7) is 5.35. The summed E-state index contributed by atoms with van der Waals surface area (Å²) >= 11 is 0.938. The third-order valence-electron chi connectivity index (χ3n) is 10.5. The highest BCUT2D eigenvalue weighted by Crippen LogP contribution is 2.56. The number of aliphatic hydroxyl groups is 3. The molecule has 2 aromatic heterocycles. The van der Waals surface area contributed by atoms with Gasteiger partial charge in [0.2, 0.25) is 11.8 Å². The van der Waals surface area contributed by atoms with Crippen LogP contribution in [-0.4, -0.2) is 120 Å². The van der Waals surface area contributed by atoms with E-state index in [4.69, 9.17) is 10.5 Å². The van der Waals surface area contributed by atoms with E-state index >= 15 is 0 Å². The number of anilines is 1. The molecule has 2 aromatic rings. The van der Waals surface area contributed by atoms with Crippen molar-refractivity contribution in [3.05, 3.63) is 12.7 Å². The van der Waals surface area contributed by atoms with Gasteiger partial charge in [0.25, 0.3) is 15.6 Å². The Morgan fingerprint density at radius 2 is 1.61 bits per heavy atom. The number of hydrogen-bond donors (Lipinski definition) is 6. The van der Waals surface area contributed by atoms with Crippen LogP contribution in [0.2, 0.25) is 0 Å². The molecule has 382 valence electrons. The third kappa shape index (κ3) is 19.4. The van der Waals surface area contributed by atoms with Crippen molar-refractivity contribution in [2.75, 3.05) is 37.8 Å². The number of aliphatic carboxylic acids is 1. The number of nitrogens with one attached hydrogen (secondary N) is 2. The summed E-state index contributed by atoms with van der Waals surface area (Å²) in [5.74, 6) is -2.89. The van der Waals surface area contributed by atoms with Crippen molar-refractivity contribution in [3.63, 3.8) is 0 Å². The van der Waals surface area contributed by atoms with Crippen LogP contribution in [0.15, 0.2) is 12.7 Å². The molecule has 2 amide bonds. The first-order chi connectivity index (χ1) is 31.0. The molecule has 11 atom stereocenters. The summed E-state index contributed by atoms with van der Waals surface area (Å²) in [7, 11) is -17.7. The molecule has 0 saturated carbocycles. The molecule has 0 radical (unpaired) electrons. The van der Waals surface area contributed by atoms with Gasteiger partial charge in [-0.3, -0.25) is 28.1 Å². The molecule has 0 aliphatic carbocycles. The van der Waals surface area contributed by atoms with Gasteiger partial charge in [0.15, 0.2) is 22.8 Å². The van der Waals surface area contributed by atoms with Crippen molar-refractivity contribution < 1.29 is 95.5 Å². The Balaban J connectivity index is 1.38. The number of phosphoric ester groups is 3. The van der Waals surface area contributed by atoms with Crippen LogP contribution in [0, 0.1) is 23.2 Å². The van der Waals surface area contributed by atoms with Crippen LogP contribution in [0.4, 0.5) is 5.82 Å². The number of nitrogens with zero attached hydrogens (tertiary/aromatic N) is 4. The van der Waals surface area contributed by atoms with Gasteiger partial charge in [0.1, 0.15) is 36.3 Å². The van der Waals surface area contributed by atoms with Crippen LogP contribution < -0.4 is 41.0 Å². The maximum atomic E-state index is 12.7. The molecular weight excluding hydrogens is 975 g/mol. The number of aromatic nitrogens is 4. The standard InChI is InChI=1S/C36H62N7O20P3S/c1-20(7-6-8-21(2)15-26(46)47)9-10-23(44)22(3)35(51)67-14-13-38-25(45)11-12-39-33(50)30(49)36(4,5)17-60-66(57,58)63-65(55,56)59-16-24-29(62-64(52,53)54)28(48)34(61-24)43-19-42-27-31(37)40-18-41-32(27)43/h18-24,28-30,34,44,48-49H,6-17H2,1-5H3,(H,38,45)(H,39,50)(H,46,47)(H,55,56)(H,57,58)(H2,37,40,41)(H2,52,53,54)/p-5/t20?,21?,22?,23?,24-,28+,29-,30+,34-/m1/s1. The molecule has 1 aliphatic heterocycles. The second kappa shape index (κ2) is 25.7. The number of nitrogens with two attached hydrogens (primary N) is 1. The molecule has 1 saturated heterocycles. The minimum Gasteiger partial charge on any atom is -0.790 e. The number of carbonyl (C=O) groups excluding carboxylic acids is 4. The first-order valence-electron chi connectivity index (χ1n) is 20.9. The van der Waals surface area contributed by atoms with Crippen molar-refractivity contribution in [2.24, 2.45) is 23.2 Å². The highest BCUT2D eigenvalue weighted by atomic mass is 32.2. The van der Waals surface area contributed by atoms with Crippen LogP contribution in [0.5, 0.6) is 0 Å². The predicted molar refractivity (Wildman–Crippen MR) is 224 cm³/mol. The summed E-state index contributed by atoms with van der Waals surface area (Å²) in [4.78, 5) is 108. The van der Waals surface area contributed by atoms with E-state index in [-0.39, 0.29) is 65.6 Å². The fourth-order valence-corrected chi connectivity index (χ4v) is 10.2. The molecule has 1 aliphatic rings. The van der Waals surface area contributed by atoms with Crippen LogP contribution in [0.3, 0.4) is 0 Å². The Kier molecular flexibility index (Phi) is 22.4. The van der Waals surface area contributed by atoms with E-state index < -0.39 is 103 Å².